The van der Waals surface area contributed by atoms with Crippen molar-refractivity contribution in [1.29, 1.82) is 0 Å². The fourth-order valence-corrected chi connectivity index (χ4v) is 4.87. The highest BCUT2D eigenvalue weighted by Gasteiger charge is 2.34. The molecule has 5 heteroatoms. The van der Waals surface area contributed by atoms with Gasteiger partial charge in [-0.3, -0.25) is 9.78 Å². The van der Waals surface area contributed by atoms with Crippen LogP contribution in [0.4, 0.5) is 5.69 Å². The van der Waals surface area contributed by atoms with Crippen molar-refractivity contribution in [2.24, 2.45) is 5.92 Å². The van der Waals surface area contributed by atoms with Gasteiger partial charge in [0, 0.05) is 43.1 Å². The Morgan fingerprint density at radius 2 is 1.77 bits per heavy atom. The van der Waals surface area contributed by atoms with Crippen LogP contribution >= 0.6 is 0 Å². The molecule has 1 saturated carbocycles. The molecule has 2 bridgehead atoms. The van der Waals surface area contributed by atoms with E-state index in [0.29, 0.717) is 31.1 Å². The third kappa shape index (κ3) is 4.36. The number of anilines is 1. The van der Waals surface area contributed by atoms with Gasteiger partial charge in [-0.2, -0.15) is 0 Å². The Kier molecular flexibility index (Phi) is 5.23. The Bertz CT molecular complexity index is 921. The number of fused-ring (bicyclic) bond motifs is 2. The second kappa shape index (κ2) is 8.03. The van der Waals surface area contributed by atoms with E-state index in [0.717, 1.165) is 24.5 Å². The van der Waals surface area contributed by atoms with Crippen molar-refractivity contribution in [2.75, 3.05) is 18.0 Å². The van der Waals surface area contributed by atoms with Crippen LogP contribution in [0.15, 0.2) is 30.3 Å². The monoisotopic (exact) mass is 405 g/mol. The number of rotatable bonds is 6. The Hall–Kier alpha value is -2.40. The van der Waals surface area contributed by atoms with Crippen molar-refractivity contribution in [1.82, 2.24) is 10.3 Å². The van der Waals surface area contributed by atoms with Crippen molar-refractivity contribution in [3.8, 4) is 11.1 Å². The van der Waals surface area contributed by atoms with Crippen LogP contribution in [0.5, 0.6) is 0 Å². The summed E-state index contributed by atoms with van der Waals surface area (Å²) in [4.78, 5) is 19.3. The Labute approximate surface area is 178 Å². The maximum absolute atomic E-state index is 12.4. The minimum absolute atomic E-state index is 0.167. The average Bonchev–Trinajstić information content (AvgIpc) is 3.47. The summed E-state index contributed by atoms with van der Waals surface area (Å²) in [5, 5.41) is 3.17. The quantitative estimate of drug-likeness (QED) is 0.784. The highest BCUT2D eigenvalue weighted by molar-refractivity contribution is 5.77. The second-order valence-electron chi connectivity index (χ2n) is 9.27. The highest BCUT2D eigenvalue weighted by atomic mass is 16.5. The lowest BCUT2D eigenvalue weighted by molar-refractivity contribution is -0.121. The van der Waals surface area contributed by atoms with Crippen LogP contribution < -0.4 is 10.2 Å². The molecule has 0 spiro atoms. The number of nitrogens with one attached hydrogen (secondary N) is 1. The first-order chi connectivity index (χ1) is 14.5. The molecule has 30 heavy (non-hydrogen) atoms. The van der Waals surface area contributed by atoms with Gasteiger partial charge in [0.15, 0.2) is 0 Å². The number of aromatic nitrogens is 1. The van der Waals surface area contributed by atoms with Crippen LogP contribution in [0.3, 0.4) is 0 Å². The van der Waals surface area contributed by atoms with E-state index in [4.69, 9.17) is 4.74 Å². The topological polar surface area (TPSA) is 54.5 Å². The van der Waals surface area contributed by atoms with Crippen LogP contribution in [-0.4, -0.2) is 36.2 Å². The molecule has 2 saturated heterocycles. The summed E-state index contributed by atoms with van der Waals surface area (Å²) >= 11 is 0. The van der Waals surface area contributed by atoms with E-state index in [-0.39, 0.29) is 5.91 Å². The summed E-state index contributed by atoms with van der Waals surface area (Å²) in [6.45, 7) is 6.54. The molecule has 5 nitrogen and oxygen atoms in total. The van der Waals surface area contributed by atoms with E-state index in [1.165, 1.54) is 48.1 Å². The van der Waals surface area contributed by atoms with Gasteiger partial charge in [-0.15, -0.1) is 0 Å². The average molecular weight is 406 g/mol. The number of aryl methyl sites for hydroxylation is 2. The van der Waals surface area contributed by atoms with Gasteiger partial charge in [0.05, 0.1) is 12.2 Å². The summed E-state index contributed by atoms with van der Waals surface area (Å²) in [7, 11) is 0. The fraction of sp³-hybridized carbons (Fsp3) is 0.520. The van der Waals surface area contributed by atoms with Crippen molar-refractivity contribution in [2.45, 2.75) is 64.7 Å². The minimum atomic E-state index is 0.167. The van der Waals surface area contributed by atoms with Crippen LogP contribution in [0.25, 0.3) is 11.1 Å². The minimum Gasteiger partial charge on any atom is -0.371 e. The SMILES string of the molecule is Cc1cc(-c2ccc(N3CC4CCC(C3)O4)cc2CNC(=O)CC2CC2)cc(C)n1. The summed E-state index contributed by atoms with van der Waals surface area (Å²) in [5.41, 5.74) is 6.77. The van der Waals surface area contributed by atoms with Crippen LogP contribution in [0.2, 0.25) is 0 Å². The number of pyridine rings is 1. The Morgan fingerprint density at radius 1 is 1.07 bits per heavy atom. The van der Waals surface area contributed by atoms with Crippen molar-refractivity contribution < 1.29 is 9.53 Å². The molecule has 158 valence electrons. The zero-order chi connectivity index (χ0) is 20.7. The number of hydrogen-bond acceptors (Lipinski definition) is 4. The van der Waals surface area contributed by atoms with Crippen LogP contribution in [0.1, 0.15) is 49.1 Å². The lowest BCUT2D eigenvalue weighted by Crippen LogP contribution is -2.42. The Balaban J connectivity index is 1.43. The molecule has 5 rings (SSSR count). The standard InChI is InChI=1S/C25H31N3O2/c1-16-9-19(10-17(2)27-16)24-8-5-21(28-14-22-6-7-23(15-28)30-22)12-20(24)13-26-25(29)11-18-3-4-18/h5,8-10,12,18,22-23H,3-4,6-7,11,13-15H2,1-2H3,(H,26,29). The first-order valence-electron chi connectivity index (χ1n) is 11.3. The van der Waals surface area contributed by atoms with Gasteiger partial charge in [0.1, 0.15) is 0 Å². The van der Waals surface area contributed by atoms with Crippen molar-refractivity contribution >= 4 is 11.6 Å². The van der Waals surface area contributed by atoms with Crippen LogP contribution in [-0.2, 0) is 16.1 Å². The molecule has 3 aliphatic rings. The molecule has 3 fully saturated rings. The van der Waals surface area contributed by atoms with Gasteiger partial charge >= 0.3 is 0 Å². The zero-order valence-electron chi connectivity index (χ0n) is 18.0. The van der Waals surface area contributed by atoms with Crippen molar-refractivity contribution in [3.63, 3.8) is 0 Å². The van der Waals surface area contributed by atoms with Gasteiger partial charge in [-0.05, 0) is 86.4 Å². The summed E-state index contributed by atoms with van der Waals surface area (Å²) in [6, 6.07) is 11.0. The largest absolute Gasteiger partial charge is 0.371 e. The number of carbonyl (C=O) groups excluding carboxylic acids is 1. The molecular weight excluding hydrogens is 374 g/mol. The number of carbonyl (C=O) groups is 1. The second-order valence-corrected chi connectivity index (χ2v) is 9.27. The maximum atomic E-state index is 12.4. The molecule has 0 radical (unpaired) electrons. The summed E-state index contributed by atoms with van der Waals surface area (Å²) in [5.74, 6) is 0.769. The number of ether oxygens (including phenoxy) is 1. The van der Waals surface area contributed by atoms with Gasteiger partial charge in [-0.1, -0.05) is 6.07 Å². The number of benzene rings is 1. The first-order valence-corrected chi connectivity index (χ1v) is 11.3. The third-order valence-electron chi connectivity index (χ3n) is 6.54. The van der Waals surface area contributed by atoms with Crippen molar-refractivity contribution in [3.05, 3.63) is 47.3 Å². The summed E-state index contributed by atoms with van der Waals surface area (Å²) < 4.78 is 6.01. The molecule has 2 atom stereocenters. The summed E-state index contributed by atoms with van der Waals surface area (Å²) in [6.07, 6.45) is 6.10. The number of morpholine rings is 1. The molecule has 2 aromatic rings. The Morgan fingerprint density at radius 3 is 2.43 bits per heavy atom. The van der Waals surface area contributed by atoms with Crippen LogP contribution in [0, 0.1) is 19.8 Å². The highest BCUT2D eigenvalue weighted by Crippen LogP contribution is 2.34. The van der Waals surface area contributed by atoms with Gasteiger partial charge < -0.3 is 15.0 Å². The fourth-order valence-electron chi connectivity index (χ4n) is 4.87. The van der Waals surface area contributed by atoms with E-state index in [1.54, 1.807) is 0 Å². The van der Waals surface area contributed by atoms with E-state index in [2.05, 4.69) is 45.5 Å². The number of amides is 1. The molecular formula is C25H31N3O2. The third-order valence-corrected chi connectivity index (χ3v) is 6.54. The van der Waals surface area contributed by atoms with E-state index < -0.39 is 0 Å². The lowest BCUT2D eigenvalue weighted by atomic mass is 9.97. The predicted molar refractivity (Wildman–Crippen MR) is 118 cm³/mol. The predicted octanol–water partition coefficient (Wildman–Crippen LogP) is 4.15. The van der Waals surface area contributed by atoms with E-state index in [1.807, 2.05) is 13.8 Å². The zero-order valence-corrected chi connectivity index (χ0v) is 18.0. The van der Waals surface area contributed by atoms with E-state index >= 15 is 0 Å². The number of hydrogen-bond donors (Lipinski definition) is 1. The molecule has 1 aliphatic carbocycles. The smallest absolute Gasteiger partial charge is 0.220 e. The molecule has 1 amide bonds. The molecule has 3 heterocycles. The van der Waals surface area contributed by atoms with Gasteiger partial charge in [0.2, 0.25) is 5.91 Å². The molecule has 2 unspecified atom stereocenters. The molecule has 1 N–H and O–H groups in total. The molecule has 1 aromatic carbocycles. The molecule has 1 aromatic heterocycles. The number of nitrogens with zero attached hydrogens (tertiary/aromatic N) is 2. The molecule has 2 aliphatic heterocycles. The first kappa shape index (κ1) is 19.6. The van der Waals surface area contributed by atoms with E-state index in [9.17, 15) is 4.79 Å². The lowest BCUT2D eigenvalue weighted by Gasteiger charge is -2.34. The maximum Gasteiger partial charge on any atom is 0.220 e. The van der Waals surface area contributed by atoms with Gasteiger partial charge in [0.25, 0.3) is 0 Å². The van der Waals surface area contributed by atoms with Gasteiger partial charge in [-0.25, -0.2) is 0 Å². The normalized spacial score (nSPS) is 22.9.